The Hall–Kier alpha value is -2.70. The summed E-state index contributed by atoms with van der Waals surface area (Å²) in [6, 6.07) is 3.03. The molecule has 6 nitrogen and oxygen atoms in total. The molecule has 0 aliphatic rings. The summed E-state index contributed by atoms with van der Waals surface area (Å²) in [6.07, 6.45) is 1.40. The highest BCUT2D eigenvalue weighted by atomic mass is 19.1. The third-order valence-corrected chi connectivity index (χ3v) is 3.42. The number of carbonyl (C=O) groups excluding carboxylic acids is 1. The van der Waals surface area contributed by atoms with Crippen LogP contribution >= 0.6 is 0 Å². The molecule has 0 fully saturated rings. The van der Waals surface area contributed by atoms with Gasteiger partial charge in [0.2, 0.25) is 5.82 Å². The SMILES string of the molecule is COc1c(C=O)cc(-n2cc(F)c(=O)[nH]c2=O)cc1C(C)(C)C. The van der Waals surface area contributed by atoms with Crippen LogP contribution in [-0.2, 0) is 5.41 Å². The van der Waals surface area contributed by atoms with Crippen LogP contribution in [-0.4, -0.2) is 22.9 Å². The van der Waals surface area contributed by atoms with Crippen LogP contribution in [0.4, 0.5) is 4.39 Å². The molecule has 2 aromatic rings. The van der Waals surface area contributed by atoms with Crippen LogP contribution in [0, 0.1) is 5.82 Å². The standard InChI is InChI=1S/C16H17FN2O4/c1-16(2,3)11-6-10(5-9(8-20)13(11)23-4)19-7-12(17)14(21)18-15(19)22/h5-8H,1-4H3,(H,18,21,22). The summed E-state index contributed by atoms with van der Waals surface area (Å²) in [4.78, 5) is 36.3. The fraction of sp³-hybridized carbons (Fsp3) is 0.312. The van der Waals surface area contributed by atoms with E-state index in [0.717, 1.165) is 10.8 Å². The Bertz CT molecular complexity index is 875. The van der Waals surface area contributed by atoms with Crippen molar-refractivity contribution in [2.24, 2.45) is 0 Å². The molecule has 0 atom stereocenters. The summed E-state index contributed by atoms with van der Waals surface area (Å²) in [6.45, 7) is 5.75. The van der Waals surface area contributed by atoms with Crippen molar-refractivity contribution in [3.8, 4) is 11.4 Å². The van der Waals surface area contributed by atoms with Gasteiger partial charge in [-0.25, -0.2) is 4.79 Å². The molecular formula is C16H17FN2O4. The molecule has 0 aliphatic heterocycles. The monoisotopic (exact) mass is 320 g/mol. The zero-order valence-electron chi connectivity index (χ0n) is 13.3. The van der Waals surface area contributed by atoms with E-state index in [-0.39, 0.29) is 16.7 Å². The number of ether oxygens (including phenoxy) is 1. The van der Waals surface area contributed by atoms with E-state index in [2.05, 4.69) is 0 Å². The van der Waals surface area contributed by atoms with E-state index in [9.17, 15) is 18.8 Å². The first-order chi connectivity index (χ1) is 10.7. The lowest BCUT2D eigenvalue weighted by molar-refractivity contribution is 0.112. The first-order valence-electron chi connectivity index (χ1n) is 6.88. The van der Waals surface area contributed by atoms with Gasteiger partial charge in [0, 0.05) is 5.56 Å². The van der Waals surface area contributed by atoms with E-state index >= 15 is 0 Å². The van der Waals surface area contributed by atoms with Crippen LogP contribution in [0.25, 0.3) is 5.69 Å². The van der Waals surface area contributed by atoms with Crippen LogP contribution in [0.2, 0.25) is 0 Å². The van der Waals surface area contributed by atoms with Crippen molar-refractivity contribution >= 4 is 6.29 Å². The molecule has 1 N–H and O–H groups in total. The van der Waals surface area contributed by atoms with Crippen molar-refractivity contribution in [3.05, 3.63) is 56.1 Å². The molecule has 0 saturated heterocycles. The second-order valence-electron chi connectivity index (χ2n) is 6.09. The second-order valence-corrected chi connectivity index (χ2v) is 6.09. The molecule has 2 rings (SSSR count). The van der Waals surface area contributed by atoms with Gasteiger partial charge in [0.25, 0.3) is 5.56 Å². The largest absolute Gasteiger partial charge is 0.496 e. The lowest BCUT2D eigenvalue weighted by atomic mass is 9.85. The van der Waals surface area contributed by atoms with Gasteiger partial charge >= 0.3 is 5.69 Å². The lowest BCUT2D eigenvalue weighted by Crippen LogP contribution is -2.30. The Labute approximate surface area is 131 Å². The van der Waals surface area contributed by atoms with Crippen molar-refractivity contribution in [2.75, 3.05) is 7.11 Å². The molecule has 0 unspecified atom stereocenters. The molecule has 122 valence electrons. The van der Waals surface area contributed by atoms with Gasteiger partial charge in [-0.2, -0.15) is 4.39 Å². The summed E-state index contributed by atoms with van der Waals surface area (Å²) in [7, 11) is 1.45. The van der Waals surface area contributed by atoms with Crippen molar-refractivity contribution in [3.63, 3.8) is 0 Å². The number of halogens is 1. The number of benzene rings is 1. The van der Waals surface area contributed by atoms with Gasteiger partial charge in [0.05, 0.1) is 24.6 Å². The smallest absolute Gasteiger partial charge is 0.333 e. The molecule has 0 bridgehead atoms. The molecule has 1 aromatic heterocycles. The van der Waals surface area contributed by atoms with E-state index in [1.807, 2.05) is 25.8 Å². The minimum Gasteiger partial charge on any atom is -0.496 e. The lowest BCUT2D eigenvalue weighted by Gasteiger charge is -2.24. The van der Waals surface area contributed by atoms with E-state index < -0.39 is 17.1 Å². The summed E-state index contributed by atoms with van der Waals surface area (Å²) < 4.78 is 19.8. The molecule has 1 aromatic carbocycles. The van der Waals surface area contributed by atoms with E-state index in [4.69, 9.17) is 4.74 Å². The fourth-order valence-corrected chi connectivity index (χ4v) is 2.29. The maximum absolute atomic E-state index is 13.5. The predicted octanol–water partition coefficient (Wildman–Crippen LogP) is 1.78. The number of nitrogens with zero attached hydrogens (tertiary/aromatic N) is 1. The van der Waals surface area contributed by atoms with Gasteiger partial charge < -0.3 is 4.74 Å². The average Bonchev–Trinajstić information content (AvgIpc) is 2.48. The maximum atomic E-state index is 13.5. The quantitative estimate of drug-likeness (QED) is 0.874. The first-order valence-corrected chi connectivity index (χ1v) is 6.88. The minimum absolute atomic E-state index is 0.230. The van der Waals surface area contributed by atoms with Crippen LogP contribution in [0.5, 0.6) is 5.75 Å². The highest BCUT2D eigenvalue weighted by molar-refractivity contribution is 5.82. The molecule has 1 heterocycles. The third-order valence-electron chi connectivity index (χ3n) is 3.42. The molecule has 0 spiro atoms. The van der Waals surface area contributed by atoms with Crippen LogP contribution in [0.3, 0.4) is 0 Å². The average molecular weight is 320 g/mol. The zero-order chi connectivity index (χ0) is 17.4. The minimum atomic E-state index is -1.09. The number of hydrogen-bond donors (Lipinski definition) is 1. The maximum Gasteiger partial charge on any atom is 0.333 e. The fourth-order valence-electron chi connectivity index (χ4n) is 2.29. The first kappa shape index (κ1) is 16.7. The number of aromatic amines is 1. The van der Waals surface area contributed by atoms with E-state index in [0.29, 0.717) is 17.6 Å². The van der Waals surface area contributed by atoms with Crippen molar-refractivity contribution < 1.29 is 13.9 Å². The molecular weight excluding hydrogens is 303 g/mol. The van der Waals surface area contributed by atoms with Gasteiger partial charge in [0.15, 0.2) is 6.29 Å². The zero-order valence-corrected chi connectivity index (χ0v) is 13.3. The highest BCUT2D eigenvalue weighted by Gasteiger charge is 2.23. The van der Waals surface area contributed by atoms with Crippen molar-refractivity contribution in [1.29, 1.82) is 0 Å². The van der Waals surface area contributed by atoms with Crippen molar-refractivity contribution in [2.45, 2.75) is 26.2 Å². The number of aromatic nitrogens is 2. The number of nitrogens with one attached hydrogen (secondary N) is 1. The Balaban J connectivity index is 2.85. The van der Waals surface area contributed by atoms with Gasteiger partial charge in [-0.15, -0.1) is 0 Å². The predicted molar refractivity (Wildman–Crippen MR) is 83.3 cm³/mol. The molecule has 0 amide bonds. The van der Waals surface area contributed by atoms with Gasteiger partial charge in [-0.05, 0) is 17.5 Å². The van der Waals surface area contributed by atoms with Gasteiger partial charge in [-0.3, -0.25) is 19.1 Å². The summed E-state index contributed by atoms with van der Waals surface area (Å²) in [5.41, 5.74) is -1.10. The Morgan fingerprint density at radius 2 is 1.91 bits per heavy atom. The molecule has 23 heavy (non-hydrogen) atoms. The number of aldehydes is 1. The Morgan fingerprint density at radius 3 is 2.43 bits per heavy atom. The summed E-state index contributed by atoms with van der Waals surface area (Å²) >= 11 is 0. The molecule has 0 saturated carbocycles. The van der Waals surface area contributed by atoms with Crippen molar-refractivity contribution in [1.82, 2.24) is 9.55 Å². The number of rotatable bonds is 3. The highest BCUT2D eigenvalue weighted by Crippen LogP contribution is 2.35. The molecule has 0 aliphatic carbocycles. The molecule has 0 radical (unpaired) electrons. The summed E-state index contributed by atoms with van der Waals surface area (Å²) in [5.74, 6) is -0.695. The number of methoxy groups -OCH3 is 1. The van der Waals surface area contributed by atoms with Crippen LogP contribution < -0.4 is 16.0 Å². The Kier molecular flexibility index (Phi) is 4.22. The summed E-state index contributed by atoms with van der Waals surface area (Å²) in [5, 5.41) is 0. The van der Waals surface area contributed by atoms with Crippen LogP contribution in [0.1, 0.15) is 36.7 Å². The second kappa shape index (κ2) is 5.83. The third kappa shape index (κ3) is 3.08. The number of carbonyl (C=O) groups is 1. The van der Waals surface area contributed by atoms with Crippen LogP contribution in [0.15, 0.2) is 27.9 Å². The van der Waals surface area contributed by atoms with Gasteiger partial charge in [-0.1, -0.05) is 20.8 Å². The van der Waals surface area contributed by atoms with E-state index in [1.54, 1.807) is 6.07 Å². The van der Waals surface area contributed by atoms with E-state index in [1.165, 1.54) is 13.2 Å². The normalized spacial score (nSPS) is 11.3. The number of H-pyrrole nitrogens is 1. The molecule has 7 heteroatoms. The Morgan fingerprint density at radius 1 is 1.26 bits per heavy atom. The van der Waals surface area contributed by atoms with Gasteiger partial charge in [0.1, 0.15) is 5.75 Å². The number of hydrogen-bond acceptors (Lipinski definition) is 4. The topological polar surface area (TPSA) is 81.2 Å².